The van der Waals surface area contributed by atoms with Crippen molar-refractivity contribution in [3.63, 3.8) is 0 Å². The lowest BCUT2D eigenvalue weighted by molar-refractivity contribution is -0.137. The van der Waals surface area contributed by atoms with E-state index in [4.69, 9.17) is 10.3 Å². The van der Waals surface area contributed by atoms with Gasteiger partial charge >= 0.3 is 0 Å². The third-order valence-corrected chi connectivity index (χ3v) is 5.62. The Morgan fingerprint density at radius 1 is 1.23 bits per heavy atom. The minimum Gasteiger partial charge on any atom is -0.395 e. The smallest absolute Gasteiger partial charge is 0.268 e. The Bertz CT molecular complexity index is 841. The number of aliphatic hydroxyl groups excluding tert-OH is 1. The first kappa shape index (κ1) is 19.9. The second-order valence-electron chi connectivity index (χ2n) is 5.87. The normalized spacial score (nSPS) is 17.8. The second kappa shape index (κ2) is 7.84. The second-order valence-corrected chi connectivity index (χ2v) is 7.94. The van der Waals surface area contributed by atoms with Crippen molar-refractivity contribution >= 4 is 21.7 Å². The van der Waals surface area contributed by atoms with Crippen molar-refractivity contribution in [3.05, 3.63) is 35.4 Å². The fourth-order valence-electron chi connectivity index (χ4n) is 2.53. The average Bonchev–Trinajstić information content (AvgIpc) is 2.57. The number of carbonyl (C=O) groups is 2. The van der Waals surface area contributed by atoms with Crippen molar-refractivity contribution in [2.75, 3.05) is 18.1 Å². The summed E-state index contributed by atoms with van der Waals surface area (Å²) in [7, 11) is -3.49. The molecule has 1 unspecified atom stereocenters. The maximum atomic E-state index is 12.3. The first-order valence-electron chi connectivity index (χ1n) is 7.58. The standard InChI is InChI=1S/C16H18N2O7S/c19-8-2-1-3-11-4-6-12(7-5-11)14(20)17-13(15(21)18-23)16(22)9-26(24,25)10-16/h4-7,13,19,22-23H,2,8-10H2,(H,17,20)(H,18,21). The highest BCUT2D eigenvalue weighted by Gasteiger charge is 2.55. The first-order valence-corrected chi connectivity index (χ1v) is 9.40. The van der Waals surface area contributed by atoms with E-state index in [1.54, 1.807) is 12.1 Å². The molecule has 1 atom stereocenters. The molecule has 0 aromatic heterocycles. The Kier molecular flexibility index (Phi) is 5.99. The van der Waals surface area contributed by atoms with Crippen molar-refractivity contribution < 1.29 is 33.4 Å². The Hall–Kier alpha value is -2.45. The van der Waals surface area contributed by atoms with Gasteiger partial charge in [-0.05, 0) is 24.3 Å². The molecule has 9 nitrogen and oxygen atoms in total. The van der Waals surface area contributed by atoms with Crippen molar-refractivity contribution in [3.8, 4) is 11.8 Å². The molecule has 2 amide bonds. The highest BCUT2D eigenvalue weighted by atomic mass is 32.2. The number of benzene rings is 1. The molecule has 0 saturated carbocycles. The predicted octanol–water partition coefficient (Wildman–Crippen LogP) is -1.82. The maximum Gasteiger partial charge on any atom is 0.268 e. The molecular weight excluding hydrogens is 364 g/mol. The molecule has 10 heteroatoms. The Balaban J connectivity index is 2.12. The molecule has 0 radical (unpaired) electrons. The molecule has 0 bridgehead atoms. The molecule has 5 N–H and O–H groups in total. The van der Waals surface area contributed by atoms with E-state index in [2.05, 4.69) is 17.2 Å². The summed E-state index contributed by atoms with van der Waals surface area (Å²) in [6.45, 7) is -0.0551. The van der Waals surface area contributed by atoms with E-state index in [0.717, 1.165) is 0 Å². The minimum absolute atomic E-state index is 0.0551. The quantitative estimate of drug-likeness (QED) is 0.228. The van der Waals surface area contributed by atoms with Gasteiger partial charge in [0.25, 0.3) is 11.8 Å². The number of nitrogens with one attached hydrogen (secondary N) is 2. The molecule has 0 spiro atoms. The van der Waals surface area contributed by atoms with Crippen LogP contribution in [0.2, 0.25) is 0 Å². The van der Waals surface area contributed by atoms with Crippen LogP contribution in [0.3, 0.4) is 0 Å². The van der Waals surface area contributed by atoms with Crippen LogP contribution in [0, 0.1) is 11.8 Å². The Morgan fingerprint density at radius 2 is 1.85 bits per heavy atom. The van der Waals surface area contributed by atoms with Crippen molar-refractivity contribution in [2.24, 2.45) is 0 Å². The van der Waals surface area contributed by atoms with Gasteiger partial charge in [0.2, 0.25) is 0 Å². The van der Waals surface area contributed by atoms with Gasteiger partial charge < -0.3 is 15.5 Å². The van der Waals surface area contributed by atoms with Crippen LogP contribution in [0.1, 0.15) is 22.3 Å². The number of rotatable bonds is 5. The van der Waals surface area contributed by atoms with Gasteiger partial charge in [-0.2, -0.15) is 0 Å². The molecule has 1 heterocycles. The number of hydroxylamine groups is 1. The summed E-state index contributed by atoms with van der Waals surface area (Å²) >= 11 is 0. The van der Waals surface area contributed by atoms with Crippen LogP contribution in [0.15, 0.2) is 24.3 Å². The molecule has 1 fully saturated rings. The van der Waals surface area contributed by atoms with Gasteiger partial charge in [0.1, 0.15) is 11.6 Å². The zero-order valence-corrected chi connectivity index (χ0v) is 14.4. The summed E-state index contributed by atoms with van der Waals surface area (Å²) in [5.41, 5.74) is 0.0914. The van der Waals surface area contributed by atoms with E-state index in [9.17, 15) is 23.1 Å². The number of amides is 2. The summed E-state index contributed by atoms with van der Waals surface area (Å²) in [5.74, 6) is 2.27. The van der Waals surface area contributed by atoms with Crippen LogP contribution in [0.25, 0.3) is 0 Å². The lowest BCUT2D eigenvalue weighted by atomic mass is 9.96. The SMILES string of the molecule is O=C(NC(C(=O)NO)C1(O)CS(=O)(=O)C1)c1ccc(C#CCCO)cc1. The summed E-state index contributed by atoms with van der Waals surface area (Å²) in [6.07, 6.45) is 0.321. The van der Waals surface area contributed by atoms with E-state index < -0.39 is 44.8 Å². The number of carbonyl (C=O) groups excluding carboxylic acids is 2. The highest BCUT2D eigenvalue weighted by Crippen LogP contribution is 2.27. The molecule has 1 aromatic rings. The third kappa shape index (κ3) is 4.59. The highest BCUT2D eigenvalue weighted by molar-refractivity contribution is 7.93. The van der Waals surface area contributed by atoms with Crippen molar-refractivity contribution in [1.82, 2.24) is 10.8 Å². The van der Waals surface area contributed by atoms with E-state index in [-0.39, 0.29) is 12.2 Å². The average molecular weight is 382 g/mol. The molecule has 140 valence electrons. The Labute approximate surface area is 149 Å². The van der Waals surface area contributed by atoms with Crippen LogP contribution in [0.4, 0.5) is 0 Å². The van der Waals surface area contributed by atoms with Crippen LogP contribution in [-0.4, -0.2) is 65.4 Å². The van der Waals surface area contributed by atoms with Crippen molar-refractivity contribution in [1.29, 1.82) is 0 Å². The zero-order valence-electron chi connectivity index (χ0n) is 13.6. The third-order valence-electron chi connectivity index (χ3n) is 3.74. The van der Waals surface area contributed by atoms with E-state index in [0.29, 0.717) is 12.0 Å². The van der Waals surface area contributed by atoms with E-state index in [1.807, 2.05) is 0 Å². The number of sulfone groups is 1. The lowest BCUT2D eigenvalue weighted by Gasteiger charge is -2.41. The first-order chi connectivity index (χ1) is 12.2. The lowest BCUT2D eigenvalue weighted by Crippen LogP contribution is -2.70. The summed E-state index contributed by atoms with van der Waals surface area (Å²) in [4.78, 5) is 24.1. The van der Waals surface area contributed by atoms with Gasteiger partial charge in [0, 0.05) is 17.5 Å². The van der Waals surface area contributed by atoms with Crippen LogP contribution in [-0.2, 0) is 14.6 Å². The van der Waals surface area contributed by atoms with Gasteiger partial charge in [-0.1, -0.05) is 11.8 Å². The van der Waals surface area contributed by atoms with Gasteiger partial charge in [0.05, 0.1) is 18.1 Å². The molecule has 26 heavy (non-hydrogen) atoms. The number of hydrogen-bond donors (Lipinski definition) is 5. The summed E-state index contributed by atoms with van der Waals surface area (Å²) in [5, 5.41) is 30.0. The van der Waals surface area contributed by atoms with Crippen molar-refractivity contribution in [2.45, 2.75) is 18.1 Å². The molecule has 1 aliphatic rings. The van der Waals surface area contributed by atoms with Crippen LogP contribution in [0.5, 0.6) is 0 Å². The summed E-state index contributed by atoms with van der Waals surface area (Å²) in [6, 6.07) is 4.36. The zero-order chi connectivity index (χ0) is 19.4. The van der Waals surface area contributed by atoms with Gasteiger partial charge in [-0.3, -0.25) is 14.8 Å². The van der Waals surface area contributed by atoms with Crippen LogP contribution < -0.4 is 10.8 Å². The van der Waals surface area contributed by atoms with Gasteiger partial charge in [-0.25, -0.2) is 13.9 Å². The summed E-state index contributed by atoms with van der Waals surface area (Å²) < 4.78 is 22.6. The number of hydrogen-bond acceptors (Lipinski definition) is 7. The van der Waals surface area contributed by atoms with E-state index in [1.165, 1.54) is 17.6 Å². The maximum absolute atomic E-state index is 12.3. The topological polar surface area (TPSA) is 153 Å². The van der Waals surface area contributed by atoms with E-state index >= 15 is 0 Å². The molecule has 1 saturated heterocycles. The molecule has 1 aliphatic heterocycles. The van der Waals surface area contributed by atoms with Gasteiger partial charge in [0.15, 0.2) is 9.84 Å². The fraction of sp³-hybridized carbons (Fsp3) is 0.375. The predicted molar refractivity (Wildman–Crippen MR) is 89.8 cm³/mol. The van der Waals surface area contributed by atoms with Crippen LogP contribution >= 0.6 is 0 Å². The largest absolute Gasteiger partial charge is 0.395 e. The number of aliphatic hydroxyl groups is 2. The molecule has 0 aliphatic carbocycles. The minimum atomic E-state index is -3.49. The Morgan fingerprint density at radius 3 is 2.35 bits per heavy atom. The molecule has 1 aromatic carbocycles. The monoisotopic (exact) mass is 382 g/mol. The molecule has 2 rings (SSSR count). The van der Waals surface area contributed by atoms with Gasteiger partial charge in [-0.15, -0.1) is 0 Å². The fourth-order valence-corrected chi connectivity index (χ4v) is 4.31. The molecular formula is C16H18N2O7S.